The average molecular weight is 769 g/mol. The summed E-state index contributed by atoms with van der Waals surface area (Å²) in [4.78, 5) is 26.4. The summed E-state index contributed by atoms with van der Waals surface area (Å²) >= 11 is 0. The minimum absolute atomic E-state index is 0.0817. The van der Waals surface area contributed by atoms with Gasteiger partial charge in [-0.1, -0.05) is 233 Å². The van der Waals surface area contributed by atoms with Crippen molar-refractivity contribution in [3.63, 3.8) is 0 Å². The first kappa shape index (κ1) is 51.0. The molecule has 0 fully saturated rings. The number of carbonyl (C=O) groups is 2. The van der Waals surface area contributed by atoms with Crippen LogP contribution in [0.3, 0.4) is 0 Å². The minimum Gasteiger partial charge on any atom is -0.493 e. The number of hydrogen-bond donors (Lipinski definition) is 2. The molecule has 55 heavy (non-hydrogen) atoms. The number of amides is 2. The Labute approximate surface area is 342 Å². The molecule has 0 unspecified atom stereocenters. The Balaban J connectivity index is 2.44. The van der Waals surface area contributed by atoms with Gasteiger partial charge in [-0.25, -0.2) is 0 Å². The van der Waals surface area contributed by atoms with E-state index >= 15 is 0 Å². The molecule has 1 aromatic carbocycles. The van der Waals surface area contributed by atoms with Gasteiger partial charge in [0, 0.05) is 18.7 Å². The van der Waals surface area contributed by atoms with Crippen molar-refractivity contribution in [2.24, 2.45) is 0 Å². The molecule has 5 heteroatoms. The lowest BCUT2D eigenvalue weighted by atomic mass is 10.1. The lowest BCUT2D eigenvalue weighted by Gasteiger charge is -2.14. The second-order valence-corrected chi connectivity index (χ2v) is 16.7. The first-order valence-electron chi connectivity index (χ1n) is 24.5. The van der Waals surface area contributed by atoms with Gasteiger partial charge in [0.15, 0.2) is 0 Å². The molecule has 0 spiro atoms. The average Bonchev–Trinajstić information content (AvgIpc) is 3.20. The number of unbranched alkanes of at least 4 members (excludes halogenated alkanes) is 33. The van der Waals surface area contributed by atoms with E-state index in [4.69, 9.17) is 4.74 Å². The Morgan fingerprint density at radius 3 is 1.07 bits per heavy atom. The molecule has 2 N–H and O–H groups in total. The second-order valence-electron chi connectivity index (χ2n) is 16.7. The lowest BCUT2D eigenvalue weighted by molar-refractivity contribution is 0.0937. The van der Waals surface area contributed by atoms with Gasteiger partial charge in [0.1, 0.15) is 5.75 Å². The topological polar surface area (TPSA) is 67.4 Å². The number of rotatable bonds is 42. The molecule has 0 saturated carbocycles. The number of hydrogen-bond acceptors (Lipinski definition) is 3. The molecular formula is C50H92N2O3. The Kier molecular flexibility index (Phi) is 37.2. The van der Waals surface area contributed by atoms with E-state index in [0.29, 0.717) is 36.6 Å². The van der Waals surface area contributed by atoms with Crippen LogP contribution >= 0.6 is 0 Å². The van der Waals surface area contributed by atoms with Crippen LogP contribution in [0.2, 0.25) is 0 Å². The molecule has 320 valence electrons. The van der Waals surface area contributed by atoms with E-state index in [1.165, 1.54) is 193 Å². The number of ether oxygens (including phenoxy) is 1. The van der Waals surface area contributed by atoms with Crippen molar-refractivity contribution >= 4 is 11.8 Å². The van der Waals surface area contributed by atoms with Gasteiger partial charge >= 0.3 is 0 Å². The summed E-state index contributed by atoms with van der Waals surface area (Å²) < 4.78 is 6.24. The van der Waals surface area contributed by atoms with E-state index in [2.05, 4.69) is 31.4 Å². The monoisotopic (exact) mass is 769 g/mol. The molecule has 0 saturated heterocycles. The minimum atomic E-state index is -0.101. The highest BCUT2D eigenvalue weighted by Gasteiger charge is 2.16. The van der Waals surface area contributed by atoms with E-state index in [0.717, 1.165) is 38.5 Å². The summed E-state index contributed by atoms with van der Waals surface area (Å²) in [6.45, 7) is 8.76. The lowest BCUT2D eigenvalue weighted by Crippen LogP contribution is -2.26. The zero-order valence-electron chi connectivity index (χ0n) is 37.0. The van der Waals surface area contributed by atoms with Crippen LogP contribution in [0.25, 0.3) is 0 Å². The normalized spacial score (nSPS) is 11.3. The summed E-state index contributed by atoms with van der Waals surface area (Å²) in [5.41, 5.74) is 1.11. The SMILES string of the molecule is CCCCCCCCCCCCCCNC(=O)c1ccc(C(=O)NCCCCCCCCCCCCCC)c(OCCCCCCCCCCCCCC)c1. The van der Waals surface area contributed by atoms with Gasteiger partial charge in [-0.3, -0.25) is 9.59 Å². The fourth-order valence-corrected chi connectivity index (χ4v) is 7.63. The van der Waals surface area contributed by atoms with Crippen molar-refractivity contribution in [3.8, 4) is 5.75 Å². The van der Waals surface area contributed by atoms with Crippen LogP contribution in [0.5, 0.6) is 5.75 Å². The molecular weight excluding hydrogens is 677 g/mol. The van der Waals surface area contributed by atoms with Crippen molar-refractivity contribution in [3.05, 3.63) is 29.3 Å². The summed E-state index contributed by atoms with van der Waals surface area (Å²) in [6, 6.07) is 5.36. The molecule has 0 aliphatic carbocycles. The van der Waals surface area contributed by atoms with Crippen LogP contribution in [0.4, 0.5) is 0 Å². The molecule has 1 rings (SSSR count). The Hall–Kier alpha value is -2.04. The van der Waals surface area contributed by atoms with Gasteiger partial charge in [-0.2, -0.15) is 0 Å². The Morgan fingerprint density at radius 2 is 0.709 bits per heavy atom. The van der Waals surface area contributed by atoms with Crippen LogP contribution in [0.1, 0.15) is 273 Å². The summed E-state index contributed by atoms with van der Waals surface area (Å²) in [6.07, 6.45) is 46.9. The van der Waals surface area contributed by atoms with Crippen molar-refractivity contribution < 1.29 is 14.3 Å². The third-order valence-corrected chi connectivity index (χ3v) is 11.4. The second kappa shape index (κ2) is 40.2. The summed E-state index contributed by atoms with van der Waals surface area (Å²) in [5.74, 6) is 0.353. The maximum absolute atomic E-state index is 13.3. The van der Waals surface area contributed by atoms with Crippen molar-refractivity contribution in [2.75, 3.05) is 19.7 Å². The van der Waals surface area contributed by atoms with Crippen molar-refractivity contribution in [1.29, 1.82) is 0 Å². The van der Waals surface area contributed by atoms with Gasteiger partial charge in [0.25, 0.3) is 11.8 Å². The maximum Gasteiger partial charge on any atom is 0.255 e. The van der Waals surface area contributed by atoms with Gasteiger partial charge < -0.3 is 15.4 Å². The van der Waals surface area contributed by atoms with Gasteiger partial charge in [-0.15, -0.1) is 0 Å². The van der Waals surface area contributed by atoms with E-state index in [-0.39, 0.29) is 11.8 Å². The molecule has 0 heterocycles. The zero-order chi connectivity index (χ0) is 39.7. The smallest absolute Gasteiger partial charge is 0.255 e. The highest BCUT2D eigenvalue weighted by atomic mass is 16.5. The van der Waals surface area contributed by atoms with E-state index in [1.807, 2.05) is 0 Å². The molecule has 0 radical (unpaired) electrons. The molecule has 0 aliphatic heterocycles. The molecule has 5 nitrogen and oxygen atoms in total. The fourth-order valence-electron chi connectivity index (χ4n) is 7.63. The molecule has 0 aliphatic rings. The summed E-state index contributed by atoms with van der Waals surface area (Å²) in [5, 5.41) is 6.25. The quantitative estimate of drug-likeness (QED) is 0.0651. The Morgan fingerprint density at radius 1 is 0.400 bits per heavy atom. The predicted octanol–water partition coefficient (Wildman–Crippen LogP) is 15.6. The zero-order valence-corrected chi connectivity index (χ0v) is 37.0. The third-order valence-electron chi connectivity index (χ3n) is 11.4. The number of carbonyl (C=O) groups excluding carboxylic acids is 2. The fraction of sp³-hybridized carbons (Fsp3) is 0.840. The van der Waals surface area contributed by atoms with E-state index in [1.54, 1.807) is 18.2 Å². The van der Waals surface area contributed by atoms with Crippen molar-refractivity contribution in [2.45, 2.75) is 252 Å². The first-order valence-corrected chi connectivity index (χ1v) is 24.5. The Bertz CT molecular complexity index is 995. The highest BCUT2D eigenvalue weighted by molar-refractivity contribution is 6.00. The summed E-state index contributed by atoms with van der Waals surface area (Å²) in [7, 11) is 0. The van der Waals surface area contributed by atoms with Crippen LogP contribution in [0.15, 0.2) is 18.2 Å². The van der Waals surface area contributed by atoms with E-state index < -0.39 is 0 Å². The first-order chi connectivity index (χ1) is 27.1. The third kappa shape index (κ3) is 31.7. The van der Waals surface area contributed by atoms with E-state index in [9.17, 15) is 9.59 Å². The largest absolute Gasteiger partial charge is 0.493 e. The van der Waals surface area contributed by atoms with Crippen LogP contribution in [-0.4, -0.2) is 31.5 Å². The number of benzene rings is 1. The predicted molar refractivity (Wildman–Crippen MR) is 240 cm³/mol. The molecule has 1 aromatic rings. The molecule has 0 aromatic heterocycles. The molecule has 0 bridgehead atoms. The van der Waals surface area contributed by atoms with Gasteiger partial charge in [0.05, 0.1) is 12.2 Å². The van der Waals surface area contributed by atoms with Crippen LogP contribution in [-0.2, 0) is 0 Å². The molecule has 0 atom stereocenters. The highest BCUT2D eigenvalue weighted by Crippen LogP contribution is 2.22. The van der Waals surface area contributed by atoms with Gasteiger partial charge in [0.2, 0.25) is 0 Å². The number of nitrogens with one attached hydrogen (secondary N) is 2. The molecule has 2 amide bonds. The van der Waals surface area contributed by atoms with Crippen molar-refractivity contribution in [1.82, 2.24) is 10.6 Å². The maximum atomic E-state index is 13.3. The standard InChI is InChI=1S/C50H92N2O3/c1-4-7-10-13-16-19-22-25-28-31-34-37-42-51-49(53)46-40-41-47(50(54)52-43-38-35-32-29-26-23-20-17-14-11-8-5-2)48(45-46)55-44-39-36-33-30-27-24-21-18-15-12-9-6-3/h40-41,45H,4-39,42-44H2,1-3H3,(H,51,53)(H,52,54). The van der Waals surface area contributed by atoms with Crippen LogP contribution < -0.4 is 15.4 Å². The van der Waals surface area contributed by atoms with Gasteiger partial charge in [-0.05, 0) is 37.5 Å². The van der Waals surface area contributed by atoms with Crippen LogP contribution in [0, 0.1) is 0 Å².